The number of nitriles is 1. The largest absolute Gasteiger partial charge is 0.371 e. The number of anilines is 1. The first-order valence-corrected chi connectivity index (χ1v) is 8.23. The molecular weight excluding hydrogens is 300 g/mol. The van der Waals surface area contributed by atoms with Gasteiger partial charge in [-0.15, -0.1) is 0 Å². The van der Waals surface area contributed by atoms with Crippen LogP contribution in [0.3, 0.4) is 0 Å². The zero-order chi connectivity index (χ0) is 17.8. The van der Waals surface area contributed by atoms with Crippen molar-refractivity contribution in [2.45, 2.75) is 20.3 Å². The number of hydrogen-bond acceptors (Lipinski definition) is 6. The summed E-state index contributed by atoms with van der Waals surface area (Å²) in [5.41, 5.74) is 2.40. The molecule has 1 N–H and O–H groups in total. The summed E-state index contributed by atoms with van der Waals surface area (Å²) in [6, 6.07) is 9.70. The van der Waals surface area contributed by atoms with E-state index in [-0.39, 0.29) is 6.54 Å². The summed E-state index contributed by atoms with van der Waals surface area (Å²) in [4.78, 5) is 15.6. The molecule has 0 saturated carbocycles. The van der Waals surface area contributed by atoms with Crippen molar-refractivity contribution >= 4 is 29.1 Å². The molecule has 2 rings (SSSR count). The Bertz CT molecular complexity index is 637. The normalized spacial score (nSPS) is 13.8. The second-order valence-electron chi connectivity index (χ2n) is 5.01. The number of rotatable bonds is 4. The highest BCUT2D eigenvalue weighted by Crippen LogP contribution is 2.23. The summed E-state index contributed by atoms with van der Waals surface area (Å²) >= 11 is 0. The fourth-order valence-corrected chi connectivity index (χ4v) is 2.08. The molecule has 0 saturated heterocycles. The third-order valence-electron chi connectivity index (χ3n) is 3.10. The average molecular weight is 326 g/mol. The number of nitrogens with zero attached hydrogens (tertiary/aromatic N) is 5. The number of nitrogens with one attached hydrogen (secondary N) is 1. The zero-order valence-corrected chi connectivity index (χ0v) is 15.0. The van der Waals surface area contributed by atoms with Crippen molar-refractivity contribution in [2.24, 2.45) is 15.0 Å². The molecule has 1 aromatic carbocycles. The molecule has 128 valence electrons. The molecule has 1 aliphatic heterocycles. The Morgan fingerprint density at radius 3 is 2.67 bits per heavy atom. The summed E-state index contributed by atoms with van der Waals surface area (Å²) in [5, 5.41) is 11.7. The fraction of sp³-hybridized carbons (Fsp3) is 0.444. The molecule has 0 amide bonds. The topological polar surface area (TPSA) is 76.1 Å². The summed E-state index contributed by atoms with van der Waals surface area (Å²) in [7, 11) is 3.91. The highest BCUT2D eigenvalue weighted by molar-refractivity contribution is 6.62. The predicted octanol–water partition coefficient (Wildman–Crippen LogP) is 3.16. The minimum absolute atomic E-state index is 0.248. The summed E-state index contributed by atoms with van der Waals surface area (Å²) < 4.78 is 0. The molecule has 0 atom stereocenters. The first-order chi connectivity index (χ1) is 11.7. The molecule has 0 radical (unpaired) electrons. The quantitative estimate of drug-likeness (QED) is 0.682. The van der Waals surface area contributed by atoms with Crippen molar-refractivity contribution in [1.29, 1.82) is 5.26 Å². The molecule has 0 bridgehead atoms. The molecule has 24 heavy (non-hydrogen) atoms. The average Bonchev–Trinajstić information content (AvgIpc) is 2.86. The van der Waals surface area contributed by atoms with E-state index in [9.17, 15) is 0 Å². The van der Waals surface area contributed by atoms with Gasteiger partial charge in [-0.05, 0) is 18.6 Å². The van der Waals surface area contributed by atoms with Crippen LogP contribution in [0.15, 0.2) is 39.2 Å². The van der Waals surface area contributed by atoms with Crippen molar-refractivity contribution in [3.05, 3.63) is 24.3 Å². The van der Waals surface area contributed by atoms with Crippen LogP contribution in [0, 0.1) is 11.3 Å². The van der Waals surface area contributed by atoms with Crippen LogP contribution in [0.2, 0.25) is 0 Å². The molecule has 6 heteroatoms. The fourth-order valence-electron chi connectivity index (χ4n) is 2.08. The molecule has 1 aliphatic rings. The van der Waals surface area contributed by atoms with Crippen molar-refractivity contribution in [1.82, 2.24) is 4.90 Å². The van der Waals surface area contributed by atoms with Crippen LogP contribution in [0.1, 0.15) is 20.3 Å². The Hall–Kier alpha value is -2.68. The van der Waals surface area contributed by atoms with Crippen LogP contribution in [0.25, 0.3) is 0 Å². The van der Waals surface area contributed by atoms with Crippen molar-refractivity contribution < 1.29 is 0 Å². The van der Waals surface area contributed by atoms with Crippen LogP contribution in [-0.4, -0.2) is 56.4 Å². The maximum atomic E-state index is 8.69. The van der Waals surface area contributed by atoms with Gasteiger partial charge < -0.3 is 10.2 Å². The van der Waals surface area contributed by atoms with E-state index in [4.69, 9.17) is 5.26 Å². The Morgan fingerprint density at radius 2 is 1.96 bits per heavy atom. The lowest BCUT2D eigenvalue weighted by atomic mass is 10.2. The molecular formula is C18H26N6. The van der Waals surface area contributed by atoms with Crippen LogP contribution in [-0.2, 0) is 0 Å². The Kier molecular flexibility index (Phi) is 8.84. The molecule has 0 aliphatic carbocycles. The highest BCUT2D eigenvalue weighted by Gasteiger charge is 2.11. The van der Waals surface area contributed by atoms with Gasteiger partial charge in [0.1, 0.15) is 12.3 Å². The van der Waals surface area contributed by atoms with Crippen LogP contribution in [0.4, 0.5) is 11.4 Å². The van der Waals surface area contributed by atoms with Gasteiger partial charge in [0.2, 0.25) is 0 Å². The van der Waals surface area contributed by atoms with Gasteiger partial charge in [-0.2, -0.15) is 5.26 Å². The smallest absolute Gasteiger partial charge is 0.150 e. The number of hydrogen-bond donors (Lipinski definition) is 1. The van der Waals surface area contributed by atoms with Crippen LogP contribution < -0.4 is 5.32 Å². The Morgan fingerprint density at radius 1 is 1.25 bits per heavy atom. The first-order valence-electron chi connectivity index (χ1n) is 8.23. The lowest BCUT2D eigenvalue weighted by Gasteiger charge is -2.14. The van der Waals surface area contributed by atoms with Crippen molar-refractivity contribution in [3.8, 4) is 6.07 Å². The summed E-state index contributed by atoms with van der Waals surface area (Å²) in [5.74, 6) is 0.851. The standard InChI is InChI=1S/C16H20N6.C2H6/c1-22(2)16-15(18-9-5-10-20-16)12-21-14-7-4-3-6-13(14)19-11-8-17;1-2/h3-4,6-7,12,19H,5,9-11H2,1-2H3;1-2H3. The monoisotopic (exact) mass is 326 g/mol. The molecule has 6 nitrogen and oxygen atoms in total. The van der Waals surface area contributed by atoms with E-state index in [0.717, 1.165) is 42.4 Å². The number of para-hydroxylation sites is 2. The second kappa shape index (κ2) is 10.9. The van der Waals surface area contributed by atoms with E-state index < -0.39 is 0 Å². The van der Waals surface area contributed by atoms with Gasteiger partial charge in [-0.25, -0.2) is 0 Å². The molecule has 0 aromatic heterocycles. The number of amidine groups is 1. The van der Waals surface area contributed by atoms with E-state index in [1.54, 1.807) is 6.21 Å². The maximum Gasteiger partial charge on any atom is 0.150 e. The summed E-state index contributed by atoms with van der Waals surface area (Å²) in [6.45, 7) is 5.79. The Balaban J connectivity index is 0.00000139. The van der Waals surface area contributed by atoms with Crippen LogP contribution >= 0.6 is 0 Å². The molecule has 1 heterocycles. The van der Waals surface area contributed by atoms with E-state index in [1.807, 2.05) is 57.1 Å². The molecule has 1 aromatic rings. The van der Waals surface area contributed by atoms with E-state index in [1.165, 1.54) is 0 Å². The van der Waals surface area contributed by atoms with Gasteiger partial charge in [-0.3, -0.25) is 15.0 Å². The van der Waals surface area contributed by atoms with E-state index in [0.29, 0.717) is 0 Å². The lowest BCUT2D eigenvalue weighted by molar-refractivity contribution is 0.627. The third kappa shape index (κ3) is 5.84. The molecule has 0 fully saturated rings. The third-order valence-corrected chi connectivity index (χ3v) is 3.10. The SMILES string of the molecule is CC.CN(C)C1=NCCCN=C1C=Nc1ccccc1NCC#N. The number of aliphatic imine (C=N–C) groups is 3. The predicted molar refractivity (Wildman–Crippen MR) is 103 cm³/mol. The highest BCUT2D eigenvalue weighted by atomic mass is 15.2. The number of benzene rings is 1. The lowest BCUT2D eigenvalue weighted by Crippen LogP contribution is -2.31. The van der Waals surface area contributed by atoms with Gasteiger partial charge in [0.15, 0.2) is 5.84 Å². The minimum Gasteiger partial charge on any atom is -0.371 e. The van der Waals surface area contributed by atoms with E-state index in [2.05, 4.69) is 26.4 Å². The van der Waals surface area contributed by atoms with Gasteiger partial charge in [-0.1, -0.05) is 26.0 Å². The Labute approximate surface area is 144 Å². The first kappa shape index (κ1) is 19.4. The molecule has 0 unspecified atom stereocenters. The van der Waals surface area contributed by atoms with Gasteiger partial charge in [0.25, 0.3) is 0 Å². The van der Waals surface area contributed by atoms with Crippen molar-refractivity contribution in [2.75, 3.05) is 39.0 Å². The minimum atomic E-state index is 0.248. The van der Waals surface area contributed by atoms with Gasteiger partial charge >= 0.3 is 0 Å². The van der Waals surface area contributed by atoms with Gasteiger partial charge in [0.05, 0.1) is 23.7 Å². The van der Waals surface area contributed by atoms with Crippen LogP contribution in [0.5, 0.6) is 0 Å². The second-order valence-corrected chi connectivity index (χ2v) is 5.01. The van der Waals surface area contributed by atoms with Crippen molar-refractivity contribution in [3.63, 3.8) is 0 Å². The van der Waals surface area contributed by atoms with E-state index >= 15 is 0 Å². The maximum absolute atomic E-state index is 8.69. The van der Waals surface area contributed by atoms with Gasteiger partial charge in [0, 0.05) is 27.2 Å². The summed E-state index contributed by atoms with van der Waals surface area (Å²) in [6.07, 6.45) is 2.70. The molecule has 0 spiro atoms. The zero-order valence-electron chi connectivity index (χ0n) is 15.0.